The normalized spacial score (nSPS) is 30.1. The highest BCUT2D eigenvalue weighted by Crippen LogP contribution is 2.16. The van der Waals surface area contributed by atoms with Gasteiger partial charge in [0.1, 0.15) is 0 Å². The second-order valence-electron chi connectivity index (χ2n) is 4.94. The minimum Gasteiger partial charge on any atom is -0.379 e. The Bertz CT molecular complexity index is 254. The van der Waals surface area contributed by atoms with E-state index < -0.39 is 0 Å². The van der Waals surface area contributed by atoms with Crippen molar-refractivity contribution < 1.29 is 9.53 Å². The molecule has 0 bridgehead atoms. The largest absolute Gasteiger partial charge is 0.379 e. The van der Waals surface area contributed by atoms with E-state index in [1.165, 1.54) is 12.8 Å². The molecule has 17 heavy (non-hydrogen) atoms. The summed E-state index contributed by atoms with van der Waals surface area (Å²) in [6.07, 6.45) is 5.42. The molecule has 2 rings (SSSR count). The number of hydrogen-bond acceptors (Lipinski definition) is 3. The molecule has 2 unspecified atom stereocenters. The first-order valence-electron chi connectivity index (χ1n) is 6.66. The Balaban J connectivity index is 1.89. The first kappa shape index (κ1) is 12.6. The van der Waals surface area contributed by atoms with E-state index >= 15 is 0 Å². The van der Waals surface area contributed by atoms with Crippen LogP contribution in [0.1, 0.15) is 32.1 Å². The molecule has 2 aliphatic rings. The highest BCUT2D eigenvalue weighted by molar-refractivity contribution is 5.75. The maximum absolute atomic E-state index is 12.2. The van der Waals surface area contributed by atoms with Crippen LogP contribution in [0.5, 0.6) is 0 Å². The zero-order chi connectivity index (χ0) is 12.1. The summed E-state index contributed by atoms with van der Waals surface area (Å²) in [5.74, 6) is 0. The third-order valence-electron chi connectivity index (χ3n) is 3.67. The summed E-state index contributed by atoms with van der Waals surface area (Å²) in [6, 6.07) is 0.432. The van der Waals surface area contributed by atoms with Gasteiger partial charge in [-0.15, -0.1) is 0 Å². The molecule has 5 nitrogen and oxygen atoms in total. The van der Waals surface area contributed by atoms with Gasteiger partial charge in [-0.2, -0.15) is 0 Å². The Morgan fingerprint density at radius 2 is 2.24 bits per heavy atom. The number of hydrogen-bond donors (Lipinski definition) is 2. The van der Waals surface area contributed by atoms with E-state index in [4.69, 9.17) is 10.5 Å². The van der Waals surface area contributed by atoms with Gasteiger partial charge in [-0.1, -0.05) is 12.8 Å². The van der Waals surface area contributed by atoms with Gasteiger partial charge in [-0.25, -0.2) is 4.79 Å². The Morgan fingerprint density at radius 1 is 1.35 bits per heavy atom. The minimum absolute atomic E-state index is 0.0397. The topological polar surface area (TPSA) is 67.6 Å². The molecule has 98 valence electrons. The fourth-order valence-corrected chi connectivity index (χ4v) is 2.60. The molecular weight excluding hydrogens is 218 g/mol. The van der Waals surface area contributed by atoms with Crippen molar-refractivity contribution in [3.8, 4) is 0 Å². The van der Waals surface area contributed by atoms with Crippen LogP contribution in [0.25, 0.3) is 0 Å². The highest BCUT2D eigenvalue weighted by atomic mass is 16.5. The first-order valence-corrected chi connectivity index (χ1v) is 6.66. The van der Waals surface area contributed by atoms with Gasteiger partial charge in [-0.3, -0.25) is 0 Å². The Morgan fingerprint density at radius 3 is 2.94 bits per heavy atom. The number of carbonyl (C=O) groups excluding carboxylic acids is 1. The van der Waals surface area contributed by atoms with Crippen LogP contribution in [0.15, 0.2) is 0 Å². The lowest BCUT2D eigenvalue weighted by molar-refractivity contribution is 0.165. The van der Waals surface area contributed by atoms with E-state index in [9.17, 15) is 4.79 Å². The zero-order valence-electron chi connectivity index (χ0n) is 10.4. The van der Waals surface area contributed by atoms with Crippen LogP contribution < -0.4 is 11.1 Å². The predicted molar refractivity (Wildman–Crippen MR) is 65.8 cm³/mol. The summed E-state index contributed by atoms with van der Waals surface area (Å²) in [4.78, 5) is 14.1. The van der Waals surface area contributed by atoms with Crippen molar-refractivity contribution in [3.63, 3.8) is 0 Å². The lowest BCUT2D eigenvalue weighted by atomic mass is 10.1. The van der Waals surface area contributed by atoms with Gasteiger partial charge in [0.25, 0.3) is 0 Å². The van der Waals surface area contributed by atoms with Crippen LogP contribution in [0.4, 0.5) is 4.79 Å². The molecule has 0 aromatic rings. The second kappa shape index (κ2) is 6.21. The average Bonchev–Trinajstić information content (AvgIpc) is 2.71. The molecule has 0 spiro atoms. The molecule has 0 saturated carbocycles. The lowest BCUT2D eigenvalue weighted by Gasteiger charge is -2.30. The lowest BCUT2D eigenvalue weighted by Crippen LogP contribution is -2.51. The molecule has 2 atom stereocenters. The fraction of sp³-hybridized carbons (Fsp3) is 0.917. The van der Waals surface area contributed by atoms with Crippen LogP contribution in [0.2, 0.25) is 0 Å². The molecule has 2 heterocycles. The van der Waals surface area contributed by atoms with E-state index in [1.54, 1.807) is 0 Å². The number of nitrogens with one attached hydrogen (secondary N) is 1. The SMILES string of the molecule is NCC1CCCCCN1C(=O)NC1CCOC1. The third-order valence-corrected chi connectivity index (χ3v) is 3.67. The number of nitrogens with zero attached hydrogens (tertiary/aromatic N) is 1. The van der Waals surface area contributed by atoms with Crippen molar-refractivity contribution >= 4 is 6.03 Å². The van der Waals surface area contributed by atoms with Crippen molar-refractivity contribution in [2.75, 3.05) is 26.3 Å². The predicted octanol–water partition coefficient (Wildman–Crippen LogP) is 0.688. The van der Waals surface area contributed by atoms with E-state index in [0.717, 1.165) is 32.4 Å². The van der Waals surface area contributed by atoms with Gasteiger partial charge >= 0.3 is 6.03 Å². The molecule has 2 amide bonds. The maximum atomic E-state index is 12.2. The Hall–Kier alpha value is -0.810. The summed E-state index contributed by atoms with van der Waals surface area (Å²) >= 11 is 0. The molecule has 2 saturated heterocycles. The highest BCUT2D eigenvalue weighted by Gasteiger charge is 2.26. The number of nitrogens with two attached hydrogens (primary N) is 1. The van der Waals surface area contributed by atoms with E-state index in [1.807, 2.05) is 4.90 Å². The summed E-state index contributed by atoms with van der Waals surface area (Å²) in [7, 11) is 0. The molecule has 0 aromatic carbocycles. The van der Waals surface area contributed by atoms with Gasteiger partial charge in [0, 0.05) is 25.7 Å². The van der Waals surface area contributed by atoms with Crippen LogP contribution in [-0.2, 0) is 4.74 Å². The van der Waals surface area contributed by atoms with Gasteiger partial charge in [0.15, 0.2) is 0 Å². The Labute approximate surface area is 103 Å². The molecule has 0 aromatic heterocycles. The number of urea groups is 1. The standard InChI is InChI=1S/C12H23N3O2/c13-8-11-4-2-1-3-6-15(11)12(16)14-10-5-7-17-9-10/h10-11H,1-9,13H2,(H,14,16). The van der Waals surface area contributed by atoms with Gasteiger partial charge in [0.2, 0.25) is 0 Å². The summed E-state index contributed by atoms with van der Waals surface area (Å²) < 4.78 is 5.27. The number of ether oxygens (including phenoxy) is 1. The fourth-order valence-electron chi connectivity index (χ4n) is 2.60. The van der Waals surface area contributed by atoms with Gasteiger partial charge in [0.05, 0.1) is 12.6 Å². The van der Waals surface area contributed by atoms with Crippen molar-refractivity contribution in [1.29, 1.82) is 0 Å². The van der Waals surface area contributed by atoms with Crippen molar-refractivity contribution in [2.24, 2.45) is 5.73 Å². The van der Waals surface area contributed by atoms with E-state index in [2.05, 4.69) is 5.32 Å². The van der Waals surface area contributed by atoms with Gasteiger partial charge in [-0.05, 0) is 19.3 Å². The monoisotopic (exact) mass is 241 g/mol. The number of amides is 2. The summed E-state index contributed by atoms with van der Waals surface area (Å²) in [5, 5.41) is 3.05. The van der Waals surface area contributed by atoms with Crippen molar-refractivity contribution in [2.45, 2.75) is 44.2 Å². The van der Waals surface area contributed by atoms with E-state index in [-0.39, 0.29) is 18.1 Å². The van der Waals surface area contributed by atoms with E-state index in [0.29, 0.717) is 13.2 Å². The molecule has 0 radical (unpaired) electrons. The molecule has 5 heteroatoms. The molecule has 2 aliphatic heterocycles. The van der Waals surface area contributed by atoms with Crippen LogP contribution in [0.3, 0.4) is 0 Å². The Kier molecular flexibility index (Phi) is 4.62. The average molecular weight is 241 g/mol. The zero-order valence-corrected chi connectivity index (χ0v) is 10.4. The number of carbonyl (C=O) groups is 1. The molecule has 0 aliphatic carbocycles. The summed E-state index contributed by atoms with van der Waals surface area (Å²) in [6.45, 7) is 2.80. The van der Waals surface area contributed by atoms with Crippen LogP contribution in [0, 0.1) is 0 Å². The quantitative estimate of drug-likeness (QED) is 0.747. The second-order valence-corrected chi connectivity index (χ2v) is 4.94. The molecule has 2 fully saturated rings. The number of rotatable bonds is 2. The smallest absolute Gasteiger partial charge is 0.317 e. The molecular formula is C12H23N3O2. The van der Waals surface area contributed by atoms with Crippen LogP contribution in [-0.4, -0.2) is 49.3 Å². The maximum Gasteiger partial charge on any atom is 0.317 e. The van der Waals surface area contributed by atoms with Crippen molar-refractivity contribution in [3.05, 3.63) is 0 Å². The first-order chi connectivity index (χ1) is 8.31. The molecule has 3 N–H and O–H groups in total. The van der Waals surface area contributed by atoms with Gasteiger partial charge < -0.3 is 20.7 Å². The minimum atomic E-state index is 0.0397. The van der Waals surface area contributed by atoms with Crippen LogP contribution >= 0.6 is 0 Å². The van der Waals surface area contributed by atoms with Crippen molar-refractivity contribution in [1.82, 2.24) is 10.2 Å². The summed E-state index contributed by atoms with van der Waals surface area (Å²) in [5.41, 5.74) is 5.76. The number of likely N-dealkylation sites (tertiary alicyclic amines) is 1. The third kappa shape index (κ3) is 3.33.